The molecule has 0 saturated heterocycles. The minimum atomic E-state index is -5.58. The molecule has 5 nitrogen and oxygen atoms in total. The largest absolute Gasteiger partial charge is 0.403 e. The minimum absolute atomic E-state index is 0.172. The number of hydrogen-bond donors (Lipinski definition) is 4. The first kappa shape index (κ1) is 24.2. The molecule has 2 aliphatic carbocycles. The second kappa shape index (κ2) is 8.58. The molecule has 2 fully saturated rings. The van der Waals surface area contributed by atoms with Gasteiger partial charge in [-0.3, -0.25) is 4.79 Å². The molecule has 11 heteroatoms. The number of amides is 1. The van der Waals surface area contributed by atoms with Crippen molar-refractivity contribution in [3.05, 3.63) is 0 Å². The van der Waals surface area contributed by atoms with Crippen LogP contribution in [0.25, 0.3) is 0 Å². The van der Waals surface area contributed by atoms with Gasteiger partial charge < -0.3 is 20.8 Å². The zero-order valence-electron chi connectivity index (χ0n) is 16.3. The number of likely N-dealkylation sites (N-methyl/N-ethyl adjacent to an activating group) is 1. The smallest absolute Gasteiger partial charge is 0.392 e. The Kier molecular flexibility index (Phi) is 7.16. The Hall–Kier alpha value is -1.07. The van der Waals surface area contributed by atoms with Gasteiger partial charge in [-0.15, -0.1) is 0 Å². The normalized spacial score (nSPS) is 34.7. The summed E-state index contributed by atoms with van der Waals surface area (Å²) in [6.45, 7) is 1.09. The number of carbonyl (C=O) groups is 1. The van der Waals surface area contributed by atoms with Gasteiger partial charge in [-0.25, -0.2) is 0 Å². The Morgan fingerprint density at radius 2 is 1.24 bits per heavy atom. The van der Waals surface area contributed by atoms with Crippen molar-refractivity contribution >= 4 is 5.91 Å². The third-order valence-corrected chi connectivity index (χ3v) is 6.61. The molecular formula is C18H28F6N2O3. The second-order valence-electron chi connectivity index (χ2n) is 8.22. The van der Waals surface area contributed by atoms with Gasteiger partial charge in [-0.05, 0) is 57.4 Å². The summed E-state index contributed by atoms with van der Waals surface area (Å²) < 4.78 is 85.8. The first-order valence-corrected chi connectivity index (χ1v) is 9.69. The molecule has 6 atom stereocenters. The van der Waals surface area contributed by atoms with E-state index < -0.39 is 85.5 Å². The van der Waals surface area contributed by atoms with Gasteiger partial charge in [0, 0.05) is 13.0 Å². The zero-order valence-corrected chi connectivity index (χ0v) is 16.3. The molecule has 2 saturated carbocycles. The molecule has 0 bridgehead atoms. The fraction of sp³-hybridized carbons (Fsp3) is 0.944. The predicted octanol–water partition coefficient (Wildman–Crippen LogP) is 2.51. The lowest BCUT2D eigenvalue weighted by molar-refractivity contribution is -0.383. The monoisotopic (exact) mass is 434 g/mol. The van der Waals surface area contributed by atoms with Gasteiger partial charge in [0.2, 0.25) is 5.91 Å². The molecule has 0 aromatic heterocycles. The van der Waals surface area contributed by atoms with E-state index in [2.05, 4.69) is 10.6 Å². The fourth-order valence-corrected chi connectivity index (χ4v) is 5.28. The Bertz CT molecular complexity index is 569. The molecule has 0 aliphatic heterocycles. The Balaban J connectivity index is 2.51. The number of carbonyl (C=O) groups excluding carboxylic acids is 1. The SMILES string of the molecule is CNC1CC(C(C2CCC(O)C(NC(C)=O)C2)(C(F)(F)F)C(F)(F)F)CCC1O. The summed E-state index contributed by atoms with van der Waals surface area (Å²) >= 11 is 0. The van der Waals surface area contributed by atoms with Crippen molar-refractivity contribution in [2.75, 3.05) is 7.05 Å². The Morgan fingerprint density at radius 3 is 1.62 bits per heavy atom. The standard InChI is InChI=1S/C18H28F6N2O3/c1-9(27)26-13-8-11(4-6-15(13)29)16(17(19,20)21,18(22,23)24)10-3-5-14(28)12(7-10)25-2/h10-15,25,28-29H,3-8H2,1-2H3,(H,26,27). The highest BCUT2D eigenvalue weighted by atomic mass is 19.4. The molecule has 4 N–H and O–H groups in total. The van der Waals surface area contributed by atoms with E-state index in [1.165, 1.54) is 7.05 Å². The quantitative estimate of drug-likeness (QED) is 0.513. The van der Waals surface area contributed by atoms with E-state index in [-0.39, 0.29) is 12.8 Å². The van der Waals surface area contributed by atoms with Crippen LogP contribution in [0.3, 0.4) is 0 Å². The summed E-state index contributed by atoms with van der Waals surface area (Å²) in [6.07, 6.45) is -15.8. The Morgan fingerprint density at radius 1 is 0.828 bits per heavy atom. The molecule has 29 heavy (non-hydrogen) atoms. The van der Waals surface area contributed by atoms with Crippen LogP contribution >= 0.6 is 0 Å². The molecule has 0 radical (unpaired) electrons. The maximum Gasteiger partial charge on any atom is 0.403 e. The first-order valence-electron chi connectivity index (χ1n) is 9.69. The van der Waals surface area contributed by atoms with E-state index in [0.717, 1.165) is 6.92 Å². The lowest BCUT2D eigenvalue weighted by Crippen LogP contribution is -2.64. The van der Waals surface area contributed by atoms with Crippen molar-refractivity contribution in [1.82, 2.24) is 10.6 Å². The molecular weight excluding hydrogens is 406 g/mol. The molecule has 2 rings (SSSR count). The third-order valence-electron chi connectivity index (χ3n) is 6.61. The number of aliphatic hydroxyl groups excluding tert-OH is 2. The number of nitrogens with one attached hydrogen (secondary N) is 2. The molecule has 170 valence electrons. The lowest BCUT2D eigenvalue weighted by atomic mass is 9.56. The highest BCUT2D eigenvalue weighted by Crippen LogP contribution is 2.64. The number of aliphatic hydroxyl groups is 2. The van der Waals surface area contributed by atoms with Gasteiger partial charge in [0.1, 0.15) is 0 Å². The van der Waals surface area contributed by atoms with E-state index in [0.29, 0.717) is 0 Å². The maximum atomic E-state index is 14.3. The average molecular weight is 434 g/mol. The van der Waals surface area contributed by atoms with Crippen LogP contribution in [-0.2, 0) is 4.79 Å². The summed E-state index contributed by atoms with van der Waals surface area (Å²) in [7, 11) is 1.39. The van der Waals surface area contributed by atoms with Crippen molar-refractivity contribution in [1.29, 1.82) is 0 Å². The molecule has 0 aromatic rings. The van der Waals surface area contributed by atoms with Gasteiger partial charge in [0.25, 0.3) is 0 Å². The van der Waals surface area contributed by atoms with E-state index in [1.807, 2.05) is 0 Å². The number of alkyl halides is 6. The third kappa shape index (κ3) is 4.51. The van der Waals surface area contributed by atoms with E-state index in [9.17, 15) is 41.4 Å². The van der Waals surface area contributed by atoms with Gasteiger partial charge in [-0.2, -0.15) is 26.3 Å². The van der Waals surface area contributed by atoms with Crippen LogP contribution in [0.5, 0.6) is 0 Å². The van der Waals surface area contributed by atoms with E-state index in [4.69, 9.17) is 0 Å². The van der Waals surface area contributed by atoms with Gasteiger partial charge in [0.15, 0.2) is 5.41 Å². The maximum absolute atomic E-state index is 14.3. The van der Waals surface area contributed by atoms with Crippen LogP contribution in [0.2, 0.25) is 0 Å². The molecule has 6 unspecified atom stereocenters. The molecule has 0 heterocycles. The van der Waals surface area contributed by atoms with Gasteiger partial charge in [0.05, 0.1) is 18.2 Å². The van der Waals surface area contributed by atoms with Crippen molar-refractivity contribution in [3.8, 4) is 0 Å². The van der Waals surface area contributed by atoms with Crippen LogP contribution in [0.4, 0.5) is 26.3 Å². The lowest BCUT2D eigenvalue weighted by Gasteiger charge is -2.53. The number of halogens is 6. The van der Waals surface area contributed by atoms with Crippen LogP contribution < -0.4 is 10.6 Å². The number of rotatable bonds is 4. The first-order chi connectivity index (χ1) is 13.3. The summed E-state index contributed by atoms with van der Waals surface area (Å²) in [5.41, 5.74) is -3.98. The fourth-order valence-electron chi connectivity index (χ4n) is 5.28. The van der Waals surface area contributed by atoms with Crippen molar-refractivity contribution in [2.24, 2.45) is 17.3 Å². The van der Waals surface area contributed by atoms with Crippen molar-refractivity contribution in [2.45, 2.75) is 82.1 Å². The van der Waals surface area contributed by atoms with Crippen molar-refractivity contribution in [3.63, 3.8) is 0 Å². The summed E-state index contributed by atoms with van der Waals surface area (Å²) in [4.78, 5) is 11.3. The van der Waals surface area contributed by atoms with Gasteiger partial charge in [-0.1, -0.05) is 0 Å². The summed E-state index contributed by atoms with van der Waals surface area (Å²) in [5, 5.41) is 24.9. The molecule has 0 aromatic carbocycles. The van der Waals surface area contributed by atoms with Gasteiger partial charge >= 0.3 is 12.4 Å². The molecule has 2 aliphatic rings. The molecule has 0 spiro atoms. The minimum Gasteiger partial charge on any atom is -0.392 e. The average Bonchev–Trinajstić information content (AvgIpc) is 2.56. The van der Waals surface area contributed by atoms with E-state index in [1.54, 1.807) is 0 Å². The van der Waals surface area contributed by atoms with Crippen LogP contribution in [0.15, 0.2) is 0 Å². The number of hydrogen-bond acceptors (Lipinski definition) is 4. The van der Waals surface area contributed by atoms with Crippen LogP contribution in [0.1, 0.15) is 45.4 Å². The second-order valence-corrected chi connectivity index (χ2v) is 8.22. The highest BCUT2D eigenvalue weighted by molar-refractivity contribution is 5.73. The van der Waals surface area contributed by atoms with Crippen LogP contribution in [0, 0.1) is 17.3 Å². The zero-order chi connectivity index (χ0) is 22.2. The Labute approximate surface area is 165 Å². The molecule has 1 amide bonds. The van der Waals surface area contributed by atoms with Crippen LogP contribution in [-0.4, -0.2) is 59.8 Å². The predicted molar refractivity (Wildman–Crippen MR) is 91.7 cm³/mol. The van der Waals surface area contributed by atoms with Crippen molar-refractivity contribution < 1.29 is 41.4 Å². The summed E-state index contributed by atoms with van der Waals surface area (Å²) in [5.74, 6) is -4.25. The topological polar surface area (TPSA) is 81.6 Å². The van der Waals surface area contributed by atoms with E-state index >= 15 is 0 Å². The highest BCUT2D eigenvalue weighted by Gasteiger charge is 2.76. The summed E-state index contributed by atoms with van der Waals surface area (Å²) in [6, 6.07) is -2.05.